The summed E-state index contributed by atoms with van der Waals surface area (Å²) in [5.74, 6) is 0.689. The minimum atomic E-state index is -0.540. The number of anilines is 1. The molecule has 1 amide bonds. The van der Waals surface area contributed by atoms with Crippen LogP contribution in [-0.2, 0) is 17.6 Å². The summed E-state index contributed by atoms with van der Waals surface area (Å²) in [7, 11) is 0. The van der Waals surface area contributed by atoms with Crippen molar-refractivity contribution in [1.29, 1.82) is 5.41 Å². The fourth-order valence-corrected chi connectivity index (χ4v) is 2.65. The molecule has 0 aromatic carbocycles. The molecule has 0 atom stereocenters. The Kier molecular flexibility index (Phi) is 6.74. The molecule has 2 heterocycles. The number of carbonyl (C=O) groups excluding carboxylic acids is 1. The number of aromatic nitrogens is 1. The third-order valence-corrected chi connectivity index (χ3v) is 3.89. The van der Waals surface area contributed by atoms with Gasteiger partial charge < -0.3 is 20.6 Å². The van der Waals surface area contributed by atoms with Crippen LogP contribution in [0.2, 0.25) is 0 Å². The average molecular weight is 360 g/mol. The maximum atomic E-state index is 12.5. The van der Waals surface area contributed by atoms with Crippen molar-refractivity contribution in [1.82, 2.24) is 10.3 Å². The van der Waals surface area contributed by atoms with Gasteiger partial charge in [-0.05, 0) is 45.2 Å². The molecule has 7 heteroatoms. The molecule has 0 fully saturated rings. The number of aryl methyl sites for hydroxylation is 1. The predicted molar refractivity (Wildman–Crippen MR) is 102 cm³/mol. The van der Waals surface area contributed by atoms with Gasteiger partial charge in [0.25, 0.3) is 0 Å². The number of aliphatic hydroxyl groups is 1. The summed E-state index contributed by atoms with van der Waals surface area (Å²) in [6, 6.07) is 4.01. The number of nitrogens with one attached hydrogen (secondary N) is 2. The lowest BCUT2D eigenvalue weighted by Crippen LogP contribution is -2.40. The van der Waals surface area contributed by atoms with Gasteiger partial charge in [-0.2, -0.15) is 0 Å². The van der Waals surface area contributed by atoms with Crippen molar-refractivity contribution in [3.8, 4) is 0 Å². The Morgan fingerprint density at radius 3 is 2.88 bits per heavy atom. The maximum Gasteiger partial charge on any atom is 0.416 e. The van der Waals surface area contributed by atoms with Crippen LogP contribution in [0.5, 0.6) is 0 Å². The van der Waals surface area contributed by atoms with Crippen LogP contribution in [0.25, 0.3) is 0 Å². The highest BCUT2D eigenvalue weighted by Gasteiger charge is 2.28. The molecular formula is C19H28N4O3. The first-order valence-corrected chi connectivity index (χ1v) is 8.87. The van der Waals surface area contributed by atoms with Gasteiger partial charge in [0.15, 0.2) is 0 Å². The molecule has 0 saturated heterocycles. The van der Waals surface area contributed by atoms with Crippen LogP contribution < -0.4 is 10.2 Å². The smallest absolute Gasteiger partial charge is 0.416 e. The zero-order valence-electron chi connectivity index (χ0n) is 15.7. The third-order valence-electron chi connectivity index (χ3n) is 3.89. The highest BCUT2D eigenvalue weighted by molar-refractivity contribution is 5.88. The second-order valence-corrected chi connectivity index (χ2v) is 7.25. The van der Waals surface area contributed by atoms with Crippen molar-refractivity contribution in [3.05, 3.63) is 35.2 Å². The van der Waals surface area contributed by atoms with Crippen molar-refractivity contribution in [2.45, 2.75) is 45.6 Å². The number of nitrogens with zero attached hydrogens (tertiary/aromatic N) is 2. The Balaban J connectivity index is 2.07. The van der Waals surface area contributed by atoms with E-state index in [1.807, 2.05) is 32.9 Å². The highest BCUT2D eigenvalue weighted by Crippen LogP contribution is 2.27. The molecule has 1 aromatic heterocycles. The molecule has 0 aliphatic carbocycles. The fourth-order valence-electron chi connectivity index (χ4n) is 2.65. The Morgan fingerprint density at radius 1 is 1.46 bits per heavy atom. The molecule has 1 aromatic rings. The standard InChI is InChI=1S/C19H28N4O3/c1-19(2,3)26-18(25)23-10-4-5-15-6-7-16(22-17(15)23)8-9-21-12-14(11-20)13-24/h6-7,11-12,20-21,24H,4-5,8-10,13H2,1-3H3/b14-12+,20-11?. The number of amides is 1. The molecule has 0 unspecified atom stereocenters. The van der Waals surface area contributed by atoms with Gasteiger partial charge in [0.1, 0.15) is 11.4 Å². The zero-order valence-corrected chi connectivity index (χ0v) is 15.7. The lowest BCUT2D eigenvalue weighted by atomic mass is 10.0. The number of carbonyl (C=O) groups is 1. The van der Waals surface area contributed by atoms with E-state index in [4.69, 9.17) is 15.3 Å². The summed E-state index contributed by atoms with van der Waals surface area (Å²) in [6.45, 7) is 6.63. The van der Waals surface area contributed by atoms with E-state index in [9.17, 15) is 4.79 Å². The molecule has 142 valence electrons. The molecule has 0 saturated carbocycles. The largest absolute Gasteiger partial charge is 0.443 e. The molecule has 2 rings (SSSR count). The summed E-state index contributed by atoms with van der Waals surface area (Å²) < 4.78 is 5.51. The fraction of sp³-hybridized carbons (Fsp3) is 0.526. The van der Waals surface area contributed by atoms with Crippen molar-refractivity contribution in [3.63, 3.8) is 0 Å². The van der Waals surface area contributed by atoms with Gasteiger partial charge in [-0.3, -0.25) is 4.90 Å². The van der Waals surface area contributed by atoms with E-state index in [1.165, 1.54) is 0 Å². The molecule has 3 N–H and O–H groups in total. The number of rotatable bonds is 6. The Hall–Kier alpha value is -2.41. The van der Waals surface area contributed by atoms with Gasteiger partial charge in [-0.1, -0.05) is 6.07 Å². The zero-order chi connectivity index (χ0) is 19.2. The lowest BCUT2D eigenvalue weighted by molar-refractivity contribution is 0.0576. The number of hydrogen-bond acceptors (Lipinski definition) is 6. The van der Waals surface area contributed by atoms with Crippen molar-refractivity contribution in [2.24, 2.45) is 0 Å². The number of fused-ring (bicyclic) bond motifs is 1. The van der Waals surface area contributed by atoms with Crippen LogP contribution in [0.15, 0.2) is 23.9 Å². The number of ether oxygens (including phenoxy) is 1. The van der Waals surface area contributed by atoms with E-state index in [0.717, 1.165) is 30.3 Å². The molecule has 1 aliphatic heterocycles. The van der Waals surface area contributed by atoms with E-state index in [0.29, 0.717) is 30.9 Å². The topological polar surface area (TPSA) is 98.5 Å². The molecule has 26 heavy (non-hydrogen) atoms. The minimum Gasteiger partial charge on any atom is -0.443 e. The second kappa shape index (κ2) is 8.80. The molecular weight excluding hydrogens is 332 g/mol. The lowest BCUT2D eigenvalue weighted by Gasteiger charge is -2.31. The summed E-state index contributed by atoms with van der Waals surface area (Å²) in [5, 5.41) is 19.2. The summed E-state index contributed by atoms with van der Waals surface area (Å²) in [4.78, 5) is 18.8. The highest BCUT2D eigenvalue weighted by atomic mass is 16.6. The van der Waals surface area contributed by atoms with Crippen LogP contribution in [0.1, 0.15) is 38.4 Å². The first kappa shape index (κ1) is 19.9. The van der Waals surface area contributed by atoms with Gasteiger partial charge in [0.2, 0.25) is 0 Å². The van der Waals surface area contributed by atoms with E-state index in [1.54, 1.807) is 11.1 Å². The Morgan fingerprint density at radius 2 is 2.23 bits per heavy atom. The Labute approximate surface area is 154 Å². The quantitative estimate of drug-likeness (QED) is 0.534. The first-order valence-electron chi connectivity index (χ1n) is 8.87. The predicted octanol–water partition coefficient (Wildman–Crippen LogP) is 2.43. The van der Waals surface area contributed by atoms with Crippen molar-refractivity contribution < 1.29 is 14.6 Å². The molecule has 1 aliphatic rings. The summed E-state index contributed by atoms with van der Waals surface area (Å²) >= 11 is 0. The van der Waals surface area contributed by atoms with Gasteiger partial charge in [0.05, 0.1) is 6.61 Å². The normalized spacial score (nSPS) is 14.6. The monoisotopic (exact) mass is 360 g/mol. The van der Waals surface area contributed by atoms with Crippen molar-refractivity contribution >= 4 is 18.1 Å². The maximum absolute atomic E-state index is 12.5. The average Bonchev–Trinajstić information content (AvgIpc) is 2.59. The van der Waals surface area contributed by atoms with E-state index in [2.05, 4.69) is 10.3 Å². The molecule has 0 bridgehead atoms. The van der Waals surface area contributed by atoms with Crippen LogP contribution in [0.4, 0.5) is 10.6 Å². The SMILES string of the molecule is CC(C)(C)OC(=O)N1CCCc2ccc(CCN/C=C(\C=N)CO)nc21. The van der Waals surface area contributed by atoms with E-state index in [-0.39, 0.29) is 12.7 Å². The molecule has 0 spiro atoms. The van der Waals surface area contributed by atoms with Crippen LogP contribution in [0.3, 0.4) is 0 Å². The van der Waals surface area contributed by atoms with Crippen molar-refractivity contribution in [2.75, 3.05) is 24.6 Å². The van der Waals surface area contributed by atoms with Crippen LogP contribution >= 0.6 is 0 Å². The summed E-state index contributed by atoms with van der Waals surface area (Å²) in [5.41, 5.74) is 1.91. The van der Waals surface area contributed by atoms with E-state index < -0.39 is 5.60 Å². The third kappa shape index (κ3) is 5.56. The minimum absolute atomic E-state index is 0.168. The van der Waals surface area contributed by atoms with Crippen LogP contribution in [0, 0.1) is 5.41 Å². The van der Waals surface area contributed by atoms with Crippen LogP contribution in [-0.4, -0.2) is 47.7 Å². The number of hydrogen-bond donors (Lipinski definition) is 3. The van der Waals surface area contributed by atoms with Gasteiger partial charge in [-0.25, -0.2) is 9.78 Å². The van der Waals surface area contributed by atoms with Gasteiger partial charge in [-0.15, -0.1) is 0 Å². The number of pyridine rings is 1. The summed E-state index contributed by atoms with van der Waals surface area (Å²) in [6.07, 6.45) is 4.85. The number of aliphatic hydroxyl groups excluding tert-OH is 1. The van der Waals surface area contributed by atoms with Gasteiger partial charge >= 0.3 is 6.09 Å². The molecule has 0 radical (unpaired) electrons. The van der Waals surface area contributed by atoms with Gasteiger partial charge in [0, 0.05) is 43.2 Å². The second-order valence-electron chi connectivity index (χ2n) is 7.25. The first-order chi connectivity index (χ1) is 12.3. The van der Waals surface area contributed by atoms with E-state index >= 15 is 0 Å². The molecule has 7 nitrogen and oxygen atoms in total. The Bertz CT molecular complexity index is 680.